The summed E-state index contributed by atoms with van der Waals surface area (Å²) in [6.45, 7) is 9.34. The molecule has 4 aromatic carbocycles. The maximum Gasteiger partial charge on any atom is 0.269 e. The van der Waals surface area contributed by atoms with Gasteiger partial charge in [-0.2, -0.15) is 0 Å². The molecule has 0 saturated heterocycles. The van der Waals surface area contributed by atoms with Crippen molar-refractivity contribution in [3.63, 3.8) is 0 Å². The van der Waals surface area contributed by atoms with Gasteiger partial charge in [0.05, 0.1) is 16.3 Å². The average molecular weight is 544 g/mol. The SMILES string of the molecule is CCc1[nH]c2ccc(N(c3ccc(F)cc3)S(=O)(=O)c3cccc4ccccc34)cc2c1CCN(CC)CC. The van der Waals surface area contributed by atoms with E-state index in [1.165, 1.54) is 39.8 Å². The average Bonchev–Trinajstić information content (AvgIpc) is 3.31. The molecule has 1 N–H and O–H groups in total. The van der Waals surface area contributed by atoms with Crippen molar-refractivity contribution in [2.45, 2.75) is 38.5 Å². The fourth-order valence-corrected chi connectivity index (χ4v) is 7.04. The van der Waals surface area contributed by atoms with Crippen LogP contribution in [0, 0.1) is 5.82 Å². The van der Waals surface area contributed by atoms with Crippen LogP contribution in [-0.4, -0.2) is 37.9 Å². The molecule has 0 amide bonds. The summed E-state index contributed by atoms with van der Waals surface area (Å²) in [4.78, 5) is 6.14. The number of likely N-dealkylation sites (N-methyl/N-ethyl adjacent to an activating group) is 1. The smallest absolute Gasteiger partial charge is 0.269 e. The normalized spacial score (nSPS) is 12.0. The van der Waals surface area contributed by atoms with Crippen LogP contribution in [0.1, 0.15) is 32.0 Å². The van der Waals surface area contributed by atoms with Crippen LogP contribution in [0.15, 0.2) is 89.8 Å². The summed E-state index contributed by atoms with van der Waals surface area (Å²) in [6, 6.07) is 24.1. The van der Waals surface area contributed by atoms with Gasteiger partial charge in [-0.15, -0.1) is 0 Å². The lowest BCUT2D eigenvalue weighted by molar-refractivity contribution is 0.308. The number of halogens is 1. The molecule has 1 aromatic heterocycles. The van der Waals surface area contributed by atoms with Gasteiger partial charge in [-0.25, -0.2) is 17.1 Å². The molecule has 0 radical (unpaired) electrons. The van der Waals surface area contributed by atoms with Crippen LogP contribution >= 0.6 is 0 Å². The summed E-state index contributed by atoms with van der Waals surface area (Å²) in [7, 11) is -4.07. The molecular weight excluding hydrogens is 509 g/mol. The maximum absolute atomic E-state index is 14.4. The minimum absolute atomic E-state index is 0.204. The molecule has 0 bridgehead atoms. The Morgan fingerprint density at radius 2 is 1.49 bits per heavy atom. The molecule has 5 aromatic rings. The van der Waals surface area contributed by atoms with Crippen molar-refractivity contribution in [3.05, 3.63) is 102 Å². The summed E-state index contributed by atoms with van der Waals surface area (Å²) in [5.41, 5.74) is 4.24. The van der Waals surface area contributed by atoms with Gasteiger partial charge in [0.25, 0.3) is 10.0 Å². The molecule has 39 heavy (non-hydrogen) atoms. The first-order valence-electron chi connectivity index (χ1n) is 13.5. The van der Waals surface area contributed by atoms with Crippen LogP contribution < -0.4 is 4.31 Å². The largest absolute Gasteiger partial charge is 0.358 e. The van der Waals surface area contributed by atoms with E-state index < -0.39 is 15.8 Å². The molecule has 0 aliphatic heterocycles. The third-order valence-corrected chi connectivity index (χ3v) is 9.28. The minimum Gasteiger partial charge on any atom is -0.358 e. The van der Waals surface area contributed by atoms with E-state index in [0.717, 1.165) is 48.8 Å². The predicted octanol–water partition coefficient (Wildman–Crippen LogP) is 7.43. The van der Waals surface area contributed by atoms with Gasteiger partial charge in [-0.3, -0.25) is 0 Å². The van der Waals surface area contributed by atoms with Crippen LogP contribution in [0.25, 0.3) is 21.7 Å². The number of rotatable bonds is 10. The number of nitrogens with zero attached hydrogens (tertiary/aromatic N) is 2. The highest BCUT2D eigenvalue weighted by atomic mass is 32.2. The van der Waals surface area contributed by atoms with E-state index in [-0.39, 0.29) is 4.90 Å². The van der Waals surface area contributed by atoms with Crippen molar-refractivity contribution in [1.82, 2.24) is 9.88 Å². The van der Waals surface area contributed by atoms with Crippen LogP contribution in [0.2, 0.25) is 0 Å². The van der Waals surface area contributed by atoms with Crippen molar-refractivity contribution in [2.24, 2.45) is 0 Å². The first kappa shape index (κ1) is 26.9. The molecule has 0 aliphatic carbocycles. The second-order valence-corrected chi connectivity index (χ2v) is 11.4. The highest BCUT2D eigenvalue weighted by Crippen LogP contribution is 2.37. The standard InChI is InChI=1S/C32H34FN3O2S/c1-4-30-28(20-21-35(5-2)6-3)29-22-26(18-19-31(29)34-30)36(25-16-14-24(33)15-17-25)39(37,38)32-13-9-11-23-10-7-8-12-27(23)32/h7-19,22,34H,4-6,20-21H2,1-3H3. The zero-order valence-corrected chi connectivity index (χ0v) is 23.4. The number of H-pyrrole nitrogens is 1. The molecular formula is C32H34FN3O2S. The monoisotopic (exact) mass is 543 g/mol. The van der Waals surface area contributed by atoms with Gasteiger partial charge in [-0.1, -0.05) is 57.2 Å². The second-order valence-electron chi connectivity index (χ2n) is 9.67. The number of aromatic amines is 1. The second kappa shape index (κ2) is 11.2. The van der Waals surface area contributed by atoms with Gasteiger partial charge in [-0.05, 0) is 85.4 Å². The Morgan fingerprint density at radius 1 is 0.795 bits per heavy atom. The summed E-state index contributed by atoms with van der Waals surface area (Å²) in [6.07, 6.45) is 1.72. The zero-order valence-electron chi connectivity index (χ0n) is 22.6. The maximum atomic E-state index is 14.4. The lowest BCUT2D eigenvalue weighted by atomic mass is 10.0. The van der Waals surface area contributed by atoms with Crippen molar-refractivity contribution < 1.29 is 12.8 Å². The number of hydrogen-bond acceptors (Lipinski definition) is 3. The number of hydrogen-bond donors (Lipinski definition) is 1. The number of benzene rings is 4. The Hall–Kier alpha value is -3.68. The highest BCUT2D eigenvalue weighted by molar-refractivity contribution is 7.93. The summed E-state index contributed by atoms with van der Waals surface area (Å²) in [5.74, 6) is -0.423. The van der Waals surface area contributed by atoms with Gasteiger partial charge in [0, 0.05) is 28.5 Å². The molecule has 5 nitrogen and oxygen atoms in total. The van der Waals surface area contributed by atoms with Crippen molar-refractivity contribution in [3.8, 4) is 0 Å². The van der Waals surface area contributed by atoms with E-state index in [0.29, 0.717) is 16.8 Å². The van der Waals surface area contributed by atoms with Gasteiger partial charge in [0.15, 0.2) is 0 Å². The van der Waals surface area contributed by atoms with Crippen molar-refractivity contribution >= 4 is 43.1 Å². The van der Waals surface area contributed by atoms with Gasteiger partial charge >= 0.3 is 0 Å². The Morgan fingerprint density at radius 3 is 2.21 bits per heavy atom. The number of aromatic nitrogens is 1. The van der Waals surface area contributed by atoms with Crippen LogP contribution in [0.3, 0.4) is 0 Å². The summed E-state index contributed by atoms with van der Waals surface area (Å²) >= 11 is 0. The number of aryl methyl sites for hydroxylation is 1. The van der Waals surface area contributed by atoms with E-state index >= 15 is 0 Å². The zero-order chi connectivity index (χ0) is 27.6. The topological polar surface area (TPSA) is 56.4 Å². The quantitative estimate of drug-likeness (QED) is 0.199. The van der Waals surface area contributed by atoms with Gasteiger partial charge in [0.1, 0.15) is 5.82 Å². The lowest BCUT2D eigenvalue weighted by Crippen LogP contribution is -2.26. The van der Waals surface area contributed by atoms with E-state index in [9.17, 15) is 12.8 Å². The fourth-order valence-electron chi connectivity index (χ4n) is 5.34. The molecule has 1 heterocycles. The van der Waals surface area contributed by atoms with E-state index in [2.05, 4.69) is 30.7 Å². The first-order valence-corrected chi connectivity index (χ1v) is 15.0. The van der Waals surface area contributed by atoms with Crippen LogP contribution in [0.4, 0.5) is 15.8 Å². The molecule has 0 spiro atoms. The Balaban J connectivity index is 1.69. The number of nitrogens with one attached hydrogen (secondary N) is 1. The molecule has 0 atom stereocenters. The number of fused-ring (bicyclic) bond motifs is 2. The molecule has 0 unspecified atom stereocenters. The predicted molar refractivity (Wildman–Crippen MR) is 159 cm³/mol. The highest BCUT2D eigenvalue weighted by Gasteiger charge is 2.29. The van der Waals surface area contributed by atoms with Crippen LogP contribution in [-0.2, 0) is 22.9 Å². The molecule has 7 heteroatoms. The summed E-state index contributed by atoms with van der Waals surface area (Å²) < 4.78 is 44.1. The third kappa shape index (κ3) is 5.16. The van der Waals surface area contributed by atoms with Crippen molar-refractivity contribution in [1.29, 1.82) is 0 Å². The Labute approximate surface area is 229 Å². The van der Waals surface area contributed by atoms with Crippen molar-refractivity contribution in [2.75, 3.05) is 23.9 Å². The summed E-state index contributed by atoms with van der Waals surface area (Å²) in [5, 5.41) is 2.49. The van der Waals surface area contributed by atoms with Gasteiger partial charge < -0.3 is 9.88 Å². The van der Waals surface area contributed by atoms with E-state index in [4.69, 9.17) is 0 Å². The number of sulfonamides is 1. The lowest BCUT2D eigenvalue weighted by Gasteiger charge is -2.26. The molecule has 0 saturated carbocycles. The molecule has 5 rings (SSSR count). The number of anilines is 2. The molecule has 0 fully saturated rings. The van der Waals surface area contributed by atoms with Gasteiger partial charge in [0.2, 0.25) is 0 Å². The van der Waals surface area contributed by atoms with Crippen LogP contribution in [0.5, 0.6) is 0 Å². The van der Waals surface area contributed by atoms with E-state index in [1.54, 1.807) is 12.1 Å². The first-order chi connectivity index (χ1) is 18.9. The molecule has 202 valence electrons. The Bertz CT molecular complexity index is 1700. The fraction of sp³-hybridized carbons (Fsp3) is 0.250. The third-order valence-electron chi connectivity index (χ3n) is 7.47. The minimum atomic E-state index is -4.07. The Kier molecular flexibility index (Phi) is 7.73. The van der Waals surface area contributed by atoms with E-state index in [1.807, 2.05) is 48.5 Å². The molecule has 0 aliphatic rings.